The molecule has 94 valence electrons. The van der Waals surface area contributed by atoms with Crippen LogP contribution in [0, 0.1) is 5.92 Å². The van der Waals surface area contributed by atoms with Crippen molar-refractivity contribution in [2.24, 2.45) is 11.7 Å². The summed E-state index contributed by atoms with van der Waals surface area (Å²) in [6, 6.07) is 10.0. The first-order valence-corrected chi connectivity index (χ1v) is 7.52. The molecule has 1 heterocycles. The summed E-state index contributed by atoms with van der Waals surface area (Å²) < 4.78 is 0. The molecule has 1 nitrogen and oxygen atoms in total. The number of hydrogen-bond acceptors (Lipinski definition) is 2. The van der Waals surface area contributed by atoms with E-state index in [4.69, 9.17) is 28.9 Å². The molecule has 0 spiro atoms. The summed E-state index contributed by atoms with van der Waals surface area (Å²) in [5, 5.41) is 1.33. The van der Waals surface area contributed by atoms with Crippen molar-refractivity contribution in [1.29, 1.82) is 0 Å². The van der Waals surface area contributed by atoms with Gasteiger partial charge in [-0.25, -0.2) is 0 Å². The average Bonchev–Trinajstić information content (AvgIpc) is 3.04. The molecule has 4 heteroatoms. The molecular weight excluding hydrogens is 285 g/mol. The first-order valence-electron chi connectivity index (χ1n) is 5.95. The van der Waals surface area contributed by atoms with Gasteiger partial charge in [-0.1, -0.05) is 23.2 Å². The van der Waals surface area contributed by atoms with Crippen molar-refractivity contribution in [2.45, 2.75) is 18.9 Å². The molecule has 2 N–H and O–H groups in total. The molecule has 0 aliphatic heterocycles. The summed E-state index contributed by atoms with van der Waals surface area (Å²) in [6.07, 6.45) is 2.52. The number of hydrogen-bond donors (Lipinski definition) is 1. The summed E-state index contributed by atoms with van der Waals surface area (Å²) in [6.45, 7) is 0. The quantitative estimate of drug-likeness (QED) is 0.835. The minimum atomic E-state index is 0.193. The van der Waals surface area contributed by atoms with Gasteiger partial charge in [0, 0.05) is 25.8 Å². The maximum atomic E-state index is 6.21. The molecule has 1 atom stereocenters. The summed E-state index contributed by atoms with van der Waals surface area (Å²) in [5.41, 5.74) is 7.27. The van der Waals surface area contributed by atoms with Crippen molar-refractivity contribution in [3.05, 3.63) is 45.3 Å². The van der Waals surface area contributed by atoms with Gasteiger partial charge in [-0.2, -0.15) is 0 Å². The van der Waals surface area contributed by atoms with Crippen molar-refractivity contribution in [3.8, 4) is 10.4 Å². The van der Waals surface area contributed by atoms with Crippen LogP contribution in [0.2, 0.25) is 10.0 Å². The molecule has 1 aliphatic carbocycles. The maximum absolute atomic E-state index is 6.21. The number of halogens is 2. The van der Waals surface area contributed by atoms with Crippen LogP contribution in [-0.2, 0) is 0 Å². The Morgan fingerprint density at radius 1 is 1.11 bits per heavy atom. The fraction of sp³-hybridized carbons (Fsp3) is 0.286. The van der Waals surface area contributed by atoms with Gasteiger partial charge in [-0.3, -0.25) is 0 Å². The molecule has 1 aliphatic rings. The molecule has 0 bridgehead atoms. The highest BCUT2D eigenvalue weighted by atomic mass is 35.5. The Kier molecular flexibility index (Phi) is 3.37. The molecule has 1 saturated carbocycles. The molecule has 0 radical (unpaired) electrons. The van der Waals surface area contributed by atoms with Crippen LogP contribution in [-0.4, -0.2) is 0 Å². The zero-order chi connectivity index (χ0) is 12.7. The second-order valence-electron chi connectivity index (χ2n) is 4.72. The maximum Gasteiger partial charge on any atom is 0.0427 e. The van der Waals surface area contributed by atoms with E-state index in [1.54, 1.807) is 17.4 Å². The van der Waals surface area contributed by atoms with E-state index in [-0.39, 0.29) is 6.04 Å². The highest BCUT2D eigenvalue weighted by Crippen LogP contribution is 2.43. The van der Waals surface area contributed by atoms with E-state index in [1.165, 1.54) is 22.6 Å². The first-order chi connectivity index (χ1) is 8.63. The predicted molar refractivity (Wildman–Crippen MR) is 79.4 cm³/mol. The van der Waals surface area contributed by atoms with Crippen LogP contribution in [0.3, 0.4) is 0 Å². The van der Waals surface area contributed by atoms with Gasteiger partial charge in [-0.05, 0) is 54.7 Å². The van der Waals surface area contributed by atoms with E-state index < -0.39 is 0 Å². The Hall–Kier alpha value is -0.540. The fourth-order valence-corrected chi connectivity index (χ4v) is 3.69. The second kappa shape index (κ2) is 4.86. The van der Waals surface area contributed by atoms with E-state index in [1.807, 2.05) is 12.1 Å². The predicted octanol–water partition coefficient (Wildman–Crippen LogP) is 5.13. The van der Waals surface area contributed by atoms with Crippen molar-refractivity contribution in [2.75, 3.05) is 0 Å². The zero-order valence-corrected chi connectivity index (χ0v) is 12.0. The molecular formula is C14H13Cl2NS. The van der Waals surface area contributed by atoms with Crippen LogP contribution in [0.1, 0.15) is 23.8 Å². The largest absolute Gasteiger partial charge is 0.323 e. The highest BCUT2D eigenvalue weighted by Gasteiger charge is 2.30. The smallest absolute Gasteiger partial charge is 0.0427 e. The Bertz CT molecular complexity index is 555. The lowest BCUT2D eigenvalue weighted by molar-refractivity contribution is 0.645. The van der Waals surface area contributed by atoms with Crippen LogP contribution in [0.4, 0.5) is 0 Å². The third-order valence-electron chi connectivity index (χ3n) is 3.23. The van der Waals surface area contributed by atoms with E-state index >= 15 is 0 Å². The number of nitrogens with two attached hydrogens (primary N) is 1. The summed E-state index contributed by atoms with van der Waals surface area (Å²) in [5.74, 6) is 0.680. The van der Waals surface area contributed by atoms with Gasteiger partial charge in [0.15, 0.2) is 0 Å². The Balaban J connectivity index is 1.92. The van der Waals surface area contributed by atoms with Crippen LogP contribution in [0.15, 0.2) is 30.3 Å². The molecule has 0 amide bonds. The zero-order valence-electron chi connectivity index (χ0n) is 9.70. The number of rotatable bonds is 3. The Labute approximate surface area is 121 Å². The number of thiophene rings is 1. The molecule has 1 aromatic carbocycles. The lowest BCUT2D eigenvalue weighted by Gasteiger charge is -2.06. The van der Waals surface area contributed by atoms with Gasteiger partial charge in [0.25, 0.3) is 0 Å². The minimum absolute atomic E-state index is 0.193. The van der Waals surface area contributed by atoms with Gasteiger partial charge in [-0.15, -0.1) is 11.3 Å². The molecule has 0 saturated heterocycles. The van der Waals surface area contributed by atoms with Crippen LogP contribution in [0.25, 0.3) is 10.4 Å². The normalized spacial score (nSPS) is 16.8. The lowest BCUT2D eigenvalue weighted by Crippen LogP contribution is -2.10. The SMILES string of the molecule is NC(c1ccc(-c2cc(Cl)cc(Cl)c2)s1)C1CC1. The van der Waals surface area contributed by atoms with Crippen LogP contribution in [0.5, 0.6) is 0 Å². The summed E-state index contributed by atoms with van der Waals surface area (Å²) in [4.78, 5) is 2.43. The van der Waals surface area contributed by atoms with E-state index in [2.05, 4.69) is 12.1 Å². The third-order valence-corrected chi connectivity index (χ3v) is 4.90. The van der Waals surface area contributed by atoms with Gasteiger partial charge >= 0.3 is 0 Å². The monoisotopic (exact) mass is 297 g/mol. The topological polar surface area (TPSA) is 26.0 Å². The number of benzene rings is 1. The molecule has 1 unspecified atom stereocenters. The van der Waals surface area contributed by atoms with Gasteiger partial charge in [0.05, 0.1) is 0 Å². The van der Waals surface area contributed by atoms with Crippen LogP contribution < -0.4 is 5.73 Å². The van der Waals surface area contributed by atoms with Gasteiger partial charge in [0.1, 0.15) is 0 Å². The second-order valence-corrected chi connectivity index (χ2v) is 6.71. The Morgan fingerprint density at radius 2 is 1.78 bits per heavy atom. The minimum Gasteiger partial charge on any atom is -0.323 e. The van der Waals surface area contributed by atoms with Crippen molar-refractivity contribution in [1.82, 2.24) is 0 Å². The Morgan fingerprint density at radius 3 is 2.39 bits per heavy atom. The van der Waals surface area contributed by atoms with Crippen LogP contribution >= 0.6 is 34.5 Å². The third kappa shape index (κ3) is 2.57. The molecule has 1 aromatic heterocycles. The first kappa shape index (κ1) is 12.5. The van der Waals surface area contributed by atoms with E-state index in [9.17, 15) is 0 Å². The van der Waals surface area contributed by atoms with Gasteiger partial charge in [0.2, 0.25) is 0 Å². The summed E-state index contributed by atoms with van der Waals surface area (Å²) >= 11 is 13.8. The average molecular weight is 298 g/mol. The highest BCUT2D eigenvalue weighted by molar-refractivity contribution is 7.15. The van der Waals surface area contributed by atoms with E-state index in [0.717, 1.165) is 5.56 Å². The van der Waals surface area contributed by atoms with Gasteiger partial charge < -0.3 is 5.73 Å². The molecule has 3 rings (SSSR count). The lowest BCUT2D eigenvalue weighted by atomic mass is 10.1. The molecule has 2 aromatic rings. The molecule has 18 heavy (non-hydrogen) atoms. The van der Waals surface area contributed by atoms with Crippen molar-refractivity contribution < 1.29 is 0 Å². The standard InChI is InChI=1S/C14H13Cl2NS/c15-10-5-9(6-11(16)7-10)12-3-4-13(18-12)14(17)8-1-2-8/h3-8,14H,1-2,17H2. The van der Waals surface area contributed by atoms with Crippen molar-refractivity contribution in [3.63, 3.8) is 0 Å². The van der Waals surface area contributed by atoms with Crippen molar-refractivity contribution >= 4 is 34.5 Å². The molecule has 1 fully saturated rings. The van der Waals surface area contributed by atoms with E-state index in [0.29, 0.717) is 16.0 Å². The fourth-order valence-electron chi connectivity index (χ4n) is 2.07. The summed E-state index contributed by atoms with van der Waals surface area (Å²) in [7, 11) is 0.